The second-order valence-electron chi connectivity index (χ2n) is 3.34. The highest BCUT2D eigenvalue weighted by Crippen LogP contribution is 2.24. The maximum atomic E-state index is 8.50. The minimum absolute atomic E-state index is 0.751. The molecule has 1 N–H and O–H groups in total. The van der Waals surface area contributed by atoms with Gasteiger partial charge < -0.3 is 5.21 Å². The smallest absolute Gasteiger partial charge is 0.234 e. The standard InChI is InChI=1S/C10H7N5OS/c16-12-5-7-2-1-3-8(4-7)9-14-15-6-11-13-10(15)17-9/h1-6,16H/b12-5-. The molecule has 0 saturated heterocycles. The monoisotopic (exact) mass is 245 g/mol. The third-order valence-corrected chi connectivity index (χ3v) is 3.19. The maximum absolute atomic E-state index is 8.50. The first-order valence-corrected chi connectivity index (χ1v) is 5.63. The van der Waals surface area contributed by atoms with Crippen molar-refractivity contribution >= 4 is 22.5 Å². The van der Waals surface area contributed by atoms with Crippen molar-refractivity contribution in [3.05, 3.63) is 36.2 Å². The topological polar surface area (TPSA) is 75.7 Å². The van der Waals surface area contributed by atoms with Crippen LogP contribution in [0.2, 0.25) is 0 Å². The zero-order valence-corrected chi connectivity index (χ0v) is 9.37. The lowest BCUT2D eigenvalue weighted by Gasteiger charge is -1.96. The minimum atomic E-state index is 0.751. The van der Waals surface area contributed by atoms with Crippen molar-refractivity contribution in [2.24, 2.45) is 5.16 Å². The van der Waals surface area contributed by atoms with Crippen LogP contribution in [0.3, 0.4) is 0 Å². The van der Waals surface area contributed by atoms with Gasteiger partial charge in [-0.15, -0.1) is 10.2 Å². The zero-order valence-electron chi connectivity index (χ0n) is 8.56. The highest BCUT2D eigenvalue weighted by atomic mass is 32.1. The SMILES string of the molecule is O/N=C\c1cccc(-c2nn3cnnc3s2)c1. The average molecular weight is 245 g/mol. The number of rotatable bonds is 2. The first-order chi connectivity index (χ1) is 8.36. The minimum Gasteiger partial charge on any atom is -0.411 e. The van der Waals surface area contributed by atoms with Crippen molar-refractivity contribution in [2.45, 2.75) is 0 Å². The summed E-state index contributed by atoms with van der Waals surface area (Å²) in [5.74, 6) is 0. The molecule has 0 atom stereocenters. The van der Waals surface area contributed by atoms with Crippen LogP contribution in [0.5, 0.6) is 0 Å². The Bertz CT molecular complexity index is 658. The predicted octanol–water partition coefficient (Wildman–Crippen LogP) is 1.66. The average Bonchev–Trinajstić information content (AvgIpc) is 2.89. The number of fused-ring (bicyclic) bond motifs is 1. The van der Waals surface area contributed by atoms with Crippen molar-refractivity contribution in [1.82, 2.24) is 19.8 Å². The summed E-state index contributed by atoms with van der Waals surface area (Å²) in [4.78, 5) is 0.751. The Labute approximate surface area is 99.9 Å². The quantitative estimate of drug-likeness (QED) is 0.423. The fourth-order valence-corrected chi connectivity index (χ4v) is 2.31. The molecule has 2 aromatic heterocycles. The molecule has 0 unspecified atom stereocenters. The van der Waals surface area contributed by atoms with Crippen molar-refractivity contribution in [1.29, 1.82) is 0 Å². The Morgan fingerprint density at radius 3 is 3.18 bits per heavy atom. The summed E-state index contributed by atoms with van der Waals surface area (Å²) in [5, 5.41) is 24.4. The lowest BCUT2D eigenvalue weighted by Crippen LogP contribution is -1.85. The number of aromatic nitrogens is 4. The van der Waals surface area contributed by atoms with Gasteiger partial charge in [0, 0.05) is 5.56 Å². The third-order valence-electron chi connectivity index (χ3n) is 2.23. The van der Waals surface area contributed by atoms with Gasteiger partial charge in [0.05, 0.1) is 6.21 Å². The van der Waals surface area contributed by atoms with Crippen LogP contribution in [0.1, 0.15) is 5.56 Å². The molecule has 1 aromatic carbocycles. The van der Waals surface area contributed by atoms with Gasteiger partial charge in [-0.3, -0.25) is 0 Å². The van der Waals surface area contributed by atoms with Crippen molar-refractivity contribution in [2.75, 3.05) is 0 Å². The molecule has 0 fully saturated rings. The molecule has 7 heteroatoms. The first-order valence-electron chi connectivity index (χ1n) is 4.81. The third kappa shape index (κ3) is 1.76. The number of nitrogens with zero attached hydrogens (tertiary/aromatic N) is 5. The van der Waals surface area contributed by atoms with E-state index in [9.17, 15) is 0 Å². The van der Waals surface area contributed by atoms with Crippen LogP contribution >= 0.6 is 11.3 Å². The molecule has 3 aromatic rings. The summed E-state index contributed by atoms with van der Waals surface area (Å²) in [6.07, 6.45) is 2.94. The normalized spacial score (nSPS) is 11.5. The summed E-state index contributed by atoms with van der Waals surface area (Å²) in [6, 6.07) is 7.57. The van der Waals surface area contributed by atoms with Gasteiger partial charge in [-0.05, 0) is 11.6 Å². The summed E-state index contributed by atoms with van der Waals surface area (Å²) >= 11 is 1.46. The Kier molecular flexibility index (Phi) is 2.30. The zero-order chi connectivity index (χ0) is 11.7. The van der Waals surface area contributed by atoms with Gasteiger partial charge in [-0.25, -0.2) is 0 Å². The fourth-order valence-electron chi connectivity index (χ4n) is 1.50. The second-order valence-corrected chi connectivity index (χ2v) is 4.29. The molecule has 0 radical (unpaired) electrons. The molecular formula is C10H7N5OS. The van der Waals surface area contributed by atoms with Crippen LogP contribution in [-0.2, 0) is 0 Å². The van der Waals surface area contributed by atoms with Crippen LogP contribution in [0.25, 0.3) is 15.5 Å². The number of hydrogen-bond donors (Lipinski definition) is 1. The molecule has 0 spiro atoms. The van der Waals surface area contributed by atoms with Gasteiger partial charge in [0.25, 0.3) is 0 Å². The predicted molar refractivity (Wildman–Crippen MR) is 63.5 cm³/mol. The lowest BCUT2D eigenvalue weighted by atomic mass is 10.1. The molecule has 0 bridgehead atoms. The van der Waals surface area contributed by atoms with E-state index in [0.29, 0.717) is 0 Å². The first kappa shape index (κ1) is 9.91. The summed E-state index contributed by atoms with van der Waals surface area (Å²) in [5.41, 5.74) is 1.77. The van der Waals surface area contributed by atoms with E-state index >= 15 is 0 Å². The molecule has 2 heterocycles. The molecule has 0 aliphatic rings. The molecule has 0 saturated carbocycles. The van der Waals surface area contributed by atoms with Gasteiger partial charge in [0.2, 0.25) is 4.96 Å². The molecule has 6 nitrogen and oxygen atoms in total. The van der Waals surface area contributed by atoms with Gasteiger partial charge in [0.15, 0.2) is 0 Å². The molecule has 0 amide bonds. The van der Waals surface area contributed by atoms with E-state index in [-0.39, 0.29) is 0 Å². The molecule has 17 heavy (non-hydrogen) atoms. The Balaban J connectivity index is 2.08. The van der Waals surface area contributed by atoms with E-state index in [1.807, 2.05) is 24.3 Å². The van der Waals surface area contributed by atoms with Crippen molar-refractivity contribution in [3.8, 4) is 10.6 Å². The highest BCUT2D eigenvalue weighted by Gasteiger charge is 2.07. The van der Waals surface area contributed by atoms with Crippen LogP contribution in [0, 0.1) is 0 Å². The van der Waals surface area contributed by atoms with Crippen molar-refractivity contribution in [3.63, 3.8) is 0 Å². The van der Waals surface area contributed by atoms with Gasteiger partial charge in [-0.1, -0.05) is 34.7 Å². The molecule has 3 rings (SSSR count). The van der Waals surface area contributed by atoms with Crippen LogP contribution < -0.4 is 0 Å². The van der Waals surface area contributed by atoms with Crippen molar-refractivity contribution < 1.29 is 5.21 Å². The Morgan fingerprint density at radius 2 is 2.35 bits per heavy atom. The van der Waals surface area contributed by atoms with E-state index in [0.717, 1.165) is 21.1 Å². The van der Waals surface area contributed by atoms with Crippen LogP contribution in [0.4, 0.5) is 0 Å². The number of benzene rings is 1. The Hall–Kier alpha value is -2.28. The van der Waals surface area contributed by atoms with E-state index in [1.165, 1.54) is 17.6 Å². The number of oxime groups is 1. The van der Waals surface area contributed by atoms with E-state index in [4.69, 9.17) is 5.21 Å². The Morgan fingerprint density at radius 1 is 1.41 bits per heavy atom. The van der Waals surface area contributed by atoms with E-state index < -0.39 is 0 Å². The highest BCUT2D eigenvalue weighted by molar-refractivity contribution is 7.19. The lowest BCUT2D eigenvalue weighted by molar-refractivity contribution is 0.322. The van der Waals surface area contributed by atoms with Crippen LogP contribution in [-0.4, -0.2) is 31.2 Å². The maximum Gasteiger partial charge on any atom is 0.234 e. The molecular weight excluding hydrogens is 238 g/mol. The fraction of sp³-hybridized carbons (Fsp3) is 0. The number of hydrogen-bond acceptors (Lipinski definition) is 6. The summed E-state index contributed by atoms with van der Waals surface area (Å²) in [6.45, 7) is 0. The molecule has 0 aliphatic carbocycles. The molecule has 0 aliphatic heterocycles. The van der Waals surface area contributed by atoms with E-state index in [1.54, 1.807) is 10.8 Å². The summed E-state index contributed by atoms with van der Waals surface area (Å²) in [7, 11) is 0. The van der Waals surface area contributed by atoms with Gasteiger partial charge >= 0.3 is 0 Å². The van der Waals surface area contributed by atoms with E-state index in [2.05, 4.69) is 20.5 Å². The molecule has 84 valence electrons. The van der Waals surface area contributed by atoms with Gasteiger partial charge in [0.1, 0.15) is 11.3 Å². The largest absolute Gasteiger partial charge is 0.411 e. The van der Waals surface area contributed by atoms with Gasteiger partial charge in [-0.2, -0.15) is 9.61 Å². The second kappa shape index (κ2) is 3.95. The van der Waals surface area contributed by atoms with Crippen LogP contribution in [0.15, 0.2) is 35.7 Å². The summed E-state index contributed by atoms with van der Waals surface area (Å²) < 4.78 is 1.63.